The third-order valence-electron chi connectivity index (χ3n) is 5.38. The molecule has 28 heavy (non-hydrogen) atoms. The van der Waals surface area contributed by atoms with E-state index in [9.17, 15) is 9.59 Å². The standard InChI is InChI=1S/C18H23ClN6O2S/c1-2-16(26)25-10-13(11-25)23-3-5-24(6-4-23)17(27)9-20-14-7-12(19)8-15-18(14)22-28-21-15/h2,7-8,13,20-22H,1,3-6,9-11H2. The number of halogens is 1. The number of nitrogens with one attached hydrogen (secondary N) is 3. The van der Waals surface area contributed by atoms with E-state index in [0.29, 0.717) is 24.2 Å². The number of likely N-dealkylation sites (tertiary alicyclic amines) is 1. The van der Waals surface area contributed by atoms with E-state index in [2.05, 4.69) is 26.2 Å². The molecule has 3 N–H and O–H groups in total. The molecule has 10 heteroatoms. The minimum Gasteiger partial charge on any atom is -0.374 e. The Morgan fingerprint density at radius 1 is 1.21 bits per heavy atom. The summed E-state index contributed by atoms with van der Waals surface area (Å²) < 4.78 is 6.29. The Morgan fingerprint density at radius 3 is 2.68 bits per heavy atom. The zero-order valence-electron chi connectivity index (χ0n) is 15.4. The van der Waals surface area contributed by atoms with Crippen LogP contribution in [0.4, 0.5) is 17.1 Å². The summed E-state index contributed by atoms with van der Waals surface area (Å²) in [5.74, 6) is 0.0655. The molecule has 0 unspecified atom stereocenters. The zero-order valence-corrected chi connectivity index (χ0v) is 17.0. The van der Waals surface area contributed by atoms with E-state index in [1.54, 1.807) is 4.90 Å². The van der Waals surface area contributed by atoms with Crippen molar-refractivity contribution < 1.29 is 9.59 Å². The minimum absolute atomic E-state index is 0.00766. The molecule has 0 aliphatic carbocycles. The summed E-state index contributed by atoms with van der Waals surface area (Å²) in [5.41, 5.74) is 2.63. The van der Waals surface area contributed by atoms with Gasteiger partial charge in [0.25, 0.3) is 0 Å². The number of nitrogens with zero attached hydrogens (tertiary/aromatic N) is 3. The molecule has 0 bridgehead atoms. The van der Waals surface area contributed by atoms with Gasteiger partial charge in [0.2, 0.25) is 11.8 Å². The van der Waals surface area contributed by atoms with Gasteiger partial charge in [0, 0.05) is 50.3 Å². The van der Waals surface area contributed by atoms with Gasteiger partial charge >= 0.3 is 0 Å². The van der Waals surface area contributed by atoms with E-state index in [-0.39, 0.29) is 18.4 Å². The minimum atomic E-state index is -0.00766. The van der Waals surface area contributed by atoms with Crippen LogP contribution in [0.15, 0.2) is 24.8 Å². The lowest BCUT2D eigenvalue weighted by Gasteiger charge is -2.47. The van der Waals surface area contributed by atoms with Crippen LogP contribution in [-0.2, 0) is 9.59 Å². The van der Waals surface area contributed by atoms with Crippen LogP contribution in [0.1, 0.15) is 0 Å². The smallest absolute Gasteiger partial charge is 0.246 e. The van der Waals surface area contributed by atoms with Crippen LogP contribution in [0.2, 0.25) is 5.02 Å². The molecular weight excluding hydrogens is 400 g/mol. The fraction of sp³-hybridized carbons (Fsp3) is 0.444. The van der Waals surface area contributed by atoms with Gasteiger partial charge in [-0.2, -0.15) is 0 Å². The van der Waals surface area contributed by atoms with Crippen molar-refractivity contribution >= 4 is 52.6 Å². The van der Waals surface area contributed by atoms with Crippen molar-refractivity contribution in [3.05, 3.63) is 29.8 Å². The number of hydrogen-bond donors (Lipinski definition) is 3. The second-order valence-electron chi connectivity index (χ2n) is 7.05. The van der Waals surface area contributed by atoms with Gasteiger partial charge in [-0.05, 0) is 18.2 Å². The van der Waals surface area contributed by atoms with Gasteiger partial charge in [0.1, 0.15) is 0 Å². The number of hydrogen-bond acceptors (Lipinski definition) is 7. The topological polar surface area (TPSA) is 80.0 Å². The fourth-order valence-corrected chi connectivity index (χ4v) is 4.54. The van der Waals surface area contributed by atoms with E-state index in [4.69, 9.17) is 11.6 Å². The molecule has 0 aromatic heterocycles. The molecule has 0 saturated carbocycles. The molecule has 3 heterocycles. The zero-order chi connectivity index (χ0) is 19.7. The summed E-state index contributed by atoms with van der Waals surface area (Å²) in [6.45, 7) is 8.32. The van der Waals surface area contributed by atoms with Crippen LogP contribution < -0.4 is 14.8 Å². The summed E-state index contributed by atoms with van der Waals surface area (Å²) in [6, 6.07) is 4.06. The molecule has 0 atom stereocenters. The lowest BCUT2D eigenvalue weighted by atomic mass is 10.1. The highest BCUT2D eigenvalue weighted by Crippen LogP contribution is 2.41. The molecule has 2 amide bonds. The highest BCUT2D eigenvalue weighted by molar-refractivity contribution is 8.02. The maximum absolute atomic E-state index is 12.6. The maximum Gasteiger partial charge on any atom is 0.246 e. The van der Waals surface area contributed by atoms with E-state index in [1.165, 1.54) is 18.2 Å². The molecule has 8 nitrogen and oxygen atoms in total. The lowest BCUT2D eigenvalue weighted by molar-refractivity contribution is -0.135. The molecule has 0 spiro atoms. The fourth-order valence-electron chi connectivity index (χ4n) is 3.68. The van der Waals surface area contributed by atoms with E-state index in [1.807, 2.05) is 17.0 Å². The van der Waals surface area contributed by atoms with Gasteiger partial charge in [-0.1, -0.05) is 18.2 Å². The van der Waals surface area contributed by atoms with Crippen molar-refractivity contribution in [3.8, 4) is 0 Å². The van der Waals surface area contributed by atoms with E-state index in [0.717, 1.165) is 43.2 Å². The summed E-state index contributed by atoms with van der Waals surface area (Å²) in [4.78, 5) is 30.2. The predicted molar refractivity (Wildman–Crippen MR) is 113 cm³/mol. The molecule has 4 rings (SSSR count). The van der Waals surface area contributed by atoms with Gasteiger partial charge in [-0.25, -0.2) is 0 Å². The van der Waals surface area contributed by atoms with Crippen LogP contribution in [0.5, 0.6) is 0 Å². The number of carbonyl (C=O) groups excluding carboxylic acids is 2. The van der Waals surface area contributed by atoms with E-state index >= 15 is 0 Å². The van der Waals surface area contributed by atoms with Crippen LogP contribution >= 0.6 is 23.7 Å². The molecule has 3 aliphatic heterocycles. The normalized spacial score (nSPS) is 19.3. The van der Waals surface area contributed by atoms with Gasteiger partial charge in [-0.3, -0.25) is 14.5 Å². The number of amides is 2. The number of carbonyl (C=O) groups is 2. The Kier molecular flexibility index (Phi) is 5.56. The Balaban J connectivity index is 1.24. The summed E-state index contributed by atoms with van der Waals surface area (Å²) >= 11 is 7.52. The molecule has 2 fully saturated rings. The first-order valence-corrected chi connectivity index (χ1v) is 10.4. The SMILES string of the molecule is C=CC(=O)N1CC(N2CCN(C(=O)CNc3cc(Cl)cc4c3NSN4)CC2)C1. The summed E-state index contributed by atoms with van der Waals surface area (Å²) in [6.07, 6.45) is 1.36. The van der Waals surface area contributed by atoms with Crippen molar-refractivity contribution in [1.29, 1.82) is 0 Å². The average Bonchev–Trinajstić information content (AvgIpc) is 3.13. The highest BCUT2D eigenvalue weighted by atomic mass is 35.5. The Labute approximate surface area is 173 Å². The highest BCUT2D eigenvalue weighted by Gasteiger charge is 2.35. The van der Waals surface area contributed by atoms with Crippen LogP contribution in [0, 0.1) is 0 Å². The van der Waals surface area contributed by atoms with Crippen LogP contribution in [-0.4, -0.2) is 78.4 Å². The molecule has 150 valence electrons. The average molecular weight is 423 g/mol. The molecular formula is C18H23ClN6O2S. The molecule has 1 aromatic carbocycles. The number of rotatable bonds is 5. The second-order valence-corrected chi connectivity index (χ2v) is 8.10. The first-order chi connectivity index (χ1) is 13.5. The van der Waals surface area contributed by atoms with Gasteiger partial charge in [0.15, 0.2) is 0 Å². The molecule has 3 aliphatic rings. The Morgan fingerprint density at radius 2 is 1.96 bits per heavy atom. The first-order valence-electron chi connectivity index (χ1n) is 9.23. The first kappa shape index (κ1) is 19.2. The number of anilines is 3. The van der Waals surface area contributed by atoms with Gasteiger partial charge < -0.3 is 24.6 Å². The third kappa shape index (κ3) is 3.87. The molecule has 1 aromatic rings. The number of piperazine rings is 1. The second kappa shape index (κ2) is 8.10. The Bertz CT molecular complexity index is 793. The number of benzene rings is 1. The van der Waals surface area contributed by atoms with Crippen molar-refractivity contribution in [2.24, 2.45) is 0 Å². The quantitative estimate of drug-likeness (QED) is 0.492. The predicted octanol–water partition coefficient (Wildman–Crippen LogP) is 1.69. The summed E-state index contributed by atoms with van der Waals surface area (Å²) in [7, 11) is 0. The maximum atomic E-state index is 12.6. The van der Waals surface area contributed by atoms with Crippen molar-refractivity contribution in [1.82, 2.24) is 14.7 Å². The lowest BCUT2D eigenvalue weighted by Crippen LogP contribution is -2.64. The number of fused-ring (bicyclic) bond motifs is 1. The van der Waals surface area contributed by atoms with Crippen LogP contribution in [0.3, 0.4) is 0 Å². The molecule has 2 saturated heterocycles. The van der Waals surface area contributed by atoms with Crippen molar-refractivity contribution in [2.75, 3.05) is 60.6 Å². The largest absolute Gasteiger partial charge is 0.374 e. The summed E-state index contributed by atoms with van der Waals surface area (Å²) in [5, 5.41) is 3.82. The monoisotopic (exact) mass is 422 g/mol. The van der Waals surface area contributed by atoms with Crippen LogP contribution in [0.25, 0.3) is 0 Å². The van der Waals surface area contributed by atoms with Crippen molar-refractivity contribution in [2.45, 2.75) is 6.04 Å². The third-order valence-corrected chi connectivity index (χ3v) is 6.23. The van der Waals surface area contributed by atoms with Gasteiger partial charge in [-0.15, -0.1) is 0 Å². The Hall–Kier alpha value is -2.10. The van der Waals surface area contributed by atoms with Crippen molar-refractivity contribution in [3.63, 3.8) is 0 Å². The molecule has 0 radical (unpaired) electrons. The van der Waals surface area contributed by atoms with Gasteiger partial charge in [0.05, 0.1) is 35.7 Å². The van der Waals surface area contributed by atoms with E-state index < -0.39 is 0 Å².